The molecule has 9 nitrogen and oxygen atoms in total. The lowest BCUT2D eigenvalue weighted by Crippen LogP contribution is -2.28. The van der Waals surface area contributed by atoms with Crippen molar-refractivity contribution in [2.75, 3.05) is 24.3 Å². The summed E-state index contributed by atoms with van der Waals surface area (Å²) in [5.41, 5.74) is -0.0408. The van der Waals surface area contributed by atoms with Gasteiger partial charge in [0.2, 0.25) is 11.8 Å². The number of rotatable bonds is 7. The number of aromatic nitrogens is 2. The van der Waals surface area contributed by atoms with E-state index >= 15 is 0 Å². The van der Waals surface area contributed by atoms with E-state index < -0.39 is 16.9 Å². The van der Waals surface area contributed by atoms with Gasteiger partial charge in [0.15, 0.2) is 0 Å². The molecule has 0 aliphatic carbocycles. The van der Waals surface area contributed by atoms with Crippen LogP contribution in [0.25, 0.3) is 0 Å². The molecule has 116 valence electrons. The summed E-state index contributed by atoms with van der Waals surface area (Å²) >= 11 is 0. The largest absolute Gasteiger partial charge is 0.467 e. The average Bonchev–Trinajstić information content (AvgIpc) is 2.43. The first-order chi connectivity index (χ1) is 9.90. The minimum Gasteiger partial charge on any atom is -0.467 e. The van der Waals surface area contributed by atoms with Crippen LogP contribution in [0.2, 0.25) is 0 Å². The van der Waals surface area contributed by atoms with Crippen molar-refractivity contribution in [1.29, 1.82) is 0 Å². The maximum Gasteiger partial charge on any atom is 0.332 e. The number of hydrogen-bond acceptors (Lipinski definition) is 8. The van der Waals surface area contributed by atoms with Crippen LogP contribution in [0.5, 0.6) is 0 Å². The van der Waals surface area contributed by atoms with E-state index in [1.807, 2.05) is 6.92 Å². The van der Waals surface area contributed by atoms with Gasteiger partial charge in [-0.05, 0) is 20.3 Å². The second-order valence-corrected chi connectivity index (χ2v) is 4.40. The highest BCUT2D eigenvalue weighted by atomic mass is 16.6. The molecule has 1 atom stereocenters. The van der Waals surface area contributed by atoms with Crippen LogP contribution in [-0.4, -0.2) is 40.6 Å². The number of carbonyl (C=O) groups excluding carboxylic acids is 1. The second kappa shape index (κ2) is 7.36. The van der Waals surface area contributed by atoms with E-state index in [1.165, 1.54) is 21.0 Å². The van der Waals surface area contributed by atoms with Gasteiger partial charge in [0, 0.05) is 6.54 Å². The molecular formula is C12H19N5O4. The van der Waals surface area contributed by atoms with Gasteiger partial charge in [-0.1, -0.05) is 6.92 Å². The third-order valence-corrected chi connectivity index (χ3v) is 2.68. The molecule has 1 heterocycles. The van der Waals surface area contributed by atoms with Gasteiger partial charge in [-0.2, -0.15) is 4.98 Å². The standard InChI is InChI=1S/C12H19N5O4/c1-5-6-13-12-15-7(2)9(17(19)20)10(16-12)14-8(3)11(18)21-4/h8H,5-6H2,1-4H3,(H2,13,14,15,16). The van der Waals surface area contributed by atoms with Gasteiger partial charge in [-0.25, -0.2) is 9.78 Å². The molecule has 0 saturated carbocycles. The summed E-state index contributed by atoms with van der Waals surface area (Å²) in [4.78, 5) is 30.1. The van der Waals surface area contributed by atoms with Gasteiger partial charge >= 0.3 is 11.7 Å². The Morgan fingerprint density at radius 3 is 2.67 bits per heavy atom. The van der Waals surface area contributed by atoms with Crippen molar-refractivity contribution in [3.63, 3.8) is 0 Å². The van der Waals surface area contributed by atoms with Gasteiger partial charge in [-0.15, -0.1) is 0 Å². The summed E-state index contributed by atoms with van der Waals surface area (Å²) in [6.45, 7) is 5.67. The smallest absolute Gasteiger partial charge is 0.332 e. The summed E-state index contributed by atoms with van der Waals surface area (Å²) in [5.74, 6) is -0.271. The number of methoxy groups -OCH3 is 1. The van der Waals surface area contributed by atoms with Gasteiger partial charge < -0.3 is 15.4 Å². The van der Waals surface area contributed by atoms with E-state index in [-0.39, 0.29) is 23.1 Å². The van der Waals surface area contributed by atoms with E-state index in [9.17, 15) is 14.9 Å². The molecule has 0 bridgehead atoms. The summed E-state index contributed by atoms with van der Waals surface area (Å²) in [7, 11) is 1.24. The van der Waals surface area contributed by atoms with E-state index in [1.54, 1.807) is 0 Å². The van der Waals surface area contributed by atoms with Crippen molar-refractivity contribution in [2.45, 2.75) is 33.2 Å². The zero-order chi connectivity index (χ0) is 16.0. The number of esters is 1. The molecule has 0 aliphatic heterocycles. The number of carbonyl (C=O) groups is 1. The molecule has 1 rings (SSSR count). The van der Waals surface area contributed by atoms with Crippen LogP contribution in [0.3, 0.4) is 0 Å². The third-order valence-electron chi connectivity index (χ3n) is 2.68. The van der Waals surface area contributed by atoms with E-state index in [2.05, 4.69) is 25.3 Å². The van der Waals surface area contributed by atoms with Crippen LogP contribution in [0.4, 0.5) is 17.5 Å². The number of nitrogens with one attached hydrogen (secondary N) is 2. The minimum atomic E-state index is -0.762. The van der Waals surface area contributed by atoms with Crippen molar-refractivity contribution >= 4 is 23.4 Å². The lowest BCUT2D eigenvalue weighted by atomic mass is 10.3. The van der Waals surface area contributed by atoms with Gasteiger partial charge in [-0.3, -0.25) is 10.1 Å². The molecule has 9 heteroatoms. The lowest BCUT2D eigenvalue weighted by Gasteiger charge is -2.14. The van der Waals surface area contributed by atoms with E-state index in [4.69, 9.17) is 0 Å². The fraction of sp³-hybridized carbons (Fsp3) is 0.583. The number of nitrogens with zero attached hydrogens (tertiary/aromatic N) is 3. The Morgan fingerprint density at radius 1 is 1.48 bits per heavy atom. The van der Waals surface area contributed by atoms with Crippen molar-refractivity contribution < 1.29 is 14.5 Å². The first-order valence-corrected chi connectivity index (χ1v) is 6.52. The lowest BCUT2D eigenvalue weighted by molar-refractivity contribution is -0.385. The predicted molar refractivity (Wildman–Crippen MR) is 77.3 cm³/mol. The predicted octanol–water partition coefficient (Wildman–Crippen LogP) is 1.49. The van der Waals surface area contributed by atoms with Crippen LogP contribution >= 0.6 is 0 Å². The van der Waals surface area contributed by atoms with Gasteiger partial charge in [0.1, 0.15) is 11.7 Å². The number of hydrogen-bond donors (Lipinski definition) is 2. The number of ether oxygens (including phenoxy) is 1. The van der Waals surface area contributed by atoms with Crippen molar-refractivity contribution in [3.05, 3.63) is 15.8 Å². The molecule has 1 unspecified atom stereocenters. The fourth-order valence-corrected chi connectivity index (χ4v) is 1.64. The maximum absolute atomic E-state index is 11.4. The normalized spacial score (nSPS) is 11.6. The van der Waals surface area contributed by atoms with Crippen LogP contribution in [0.15, 0.2) is 0 Å². The Bertz CT molecular complexity index is 535. The van der Waals surface area contributed by atoms with E-state index in [0.717, 1.165) is 6.42 Å². The summed E-state index contributed by atoms with van der Waals surface area (Å²) in [6, 6.07) is -0.762. The maximum atomic E-state index is 11.4. The molecule has 0 fully saturated rings. The summed E-state index contributed by atoms with van der Waals surface area (Å²) in [5, 5.41) is 16.8. The number of anilines is 2. The Morgan fingerprint density at radius 2 is 2.14 bits per heavy atom. The minimum absolute atomic E-state index is 0.0102. The fourth-order valence-electron chi connectivity index (χ4n) is 1.64. The molecule has 2 N–H and O–H groups in total. The molecular weight excluding hydrogens is 278 g/mol. The highest BCUT2D eigenvalue weighted by Gasteiger charge is 2.25. The monoisotopic (exact) mass is 297 g/mol. The Labute approximate surface area is 122 Å². The van der Waals surface area contributed by atoms with Crippen LogP contribution in [-0.2, 0) is 9.53 Å². The highest BCUT2D eigenvalue weighted by Crippen LogP contribution is 2.27. The molecule has 21 heavy (non-hydrogen) atoms. The quantitative estimate of drug-likeness (QED) is 0.441. The Balaban J connectivity index is 3.15. The molecule has 1 aromatic rings. The zero-order valence-corrected chi connectivity index (χ0v) is 12.5. The molecule has 0 saturated heterocycles. The first kappa shape index (κ1) is 16.6. The van der Waals surface area contributed by atoms with Gasteiger partial charge in [0.05, 0.1) is 12.0 Å². The Hall–Kier alpha value is -2.45. The number of aryl methyl sites for hydroxylation is 1. The van der Waals surface area contributed by atoms with Crippen molar-refractivity contribution in [2.24, 2.45) is 0 Å². The van der Waals surface area contributed by atoms with E-state index in [0.29, 0.717) is 6.54 Å². The summed E-state index contributed by atoms with van der Waals surface area (Å²) in [6.07, 6.45) is 0.862. The molecule has 0 aromatic carbocycles. The SMILES string of the molecule is CCCNc1nc(C)c([N+](=O)[O-])c(NC(C)C(=O)OC)n1. The molecule has 0 aliphatic rings. The molecule has 0 radical (unpaired) electrons. The second-order valence-electron chi connectivity index (χ2n) is 4.40. The van der Waals surface area contributed by atoms with Crippen LogP contribution in [0, 0.1) is 17.0 Å². The van der Waals surface area contributed by atoms with Crippen LogP contribution in [0.1, 0.15) is 26.0 Å². The number of nitro groups is 1. The van der Waals surface area contributed by atoms with Crippen molar-refractivity contribution in [1.82, 2.24) is 9.97 Å². The first-order valence-electron chi connectivity index (χ1n) is 6.52. The van der Waals surface area contributed by atoms with Crippen molar-refractivity contribution in [3.8, 4) is 0 Å². The summed E-state index contributed by atoms with van der Waals surface area (Å²) < 4.78 is 4.58. The highest BCUT2D eigenvalue weighted by molar-refractivity contribution is 5.79. The molecule has 0 spiro atoms. The van der Waals surface area contributed by atoms with Gasteiger partial charge in [0.25, 0.3) is 0 Å². The third kappa shape index (κ3) is 4.26. The van der Waals surface area contributed by atoms with Crippen LogP contribution < -0.4 is 10.6 Å². The average molecular weight is 297 g/mol. The Kier molecular flexibility index (Phi) is 5.82. The zero-order valence-electron chi connectivity index (χ0n) is 12.5. The molecule has 1 aromatic heterocycles. The topological polar surface area (TPSA) is 119 Å². The molecule has 0 amide bonds.